The van der Waals surface area contributed by atoms with Gasteiger partial charge in [-0.2, -0.15) is 0 Å². The zero-order valence-electron chi connectivity index (χ0n) is 17.2. The lowest BCUT2D eigenvalue weighted by Gasteiger charge is -2.42. The number of aliphatic hydroxyl groups is 1. The quantitative estimate of drug-likeness (QED) is 0.802. The number of aromatic nitrogens is 3. The molecule has 0 aliphatic carbocycles. The fraction of sp³-hybridized carbons (Fsp3) is 0.545. The highest BCUT2D eigenvalue weighted by Gasteiger charge is 2.35. The minimum Gasteiger partial charge on any atom is -0.393 e. The number of likely N-dealkylation sites (tertiary alicyclic amines) is 1. The first kappa shape index (κ1) is 19.2. The SMILES string of the molecule is CC(=O)N1C[C@@H]2C[C@H](C1)c1cc(-c3cc(N4CCC(O)CC4)ncn3)cc(=O)n1C2. The van der Waals surface area contributed by atoms with Gasteiger partial charge in [0.2, 0.25) is 5.91 Å². The molecular weight excluding hydrogens is 382 g/mol. The van der Waals surface area contributed by atoms with E-state index in [4.69, 9.17) is 0 Å². The van der Waals surface area contributed by atoms with Gasteiger partial charge in [0.25, 0.3) is 5.56 Å². The van der Waals surface area contributed by atoms with Crippen LogP contribution in [0, 0.1) is 5.92 Å². The van der Waals surface area contributed by atoms with Crippen molar-refractivity contribution in [3.8, 4) is 11.3 Å². The largest absolute Gasteiger partial charge is 0.393 e. The van der Waals surface area contributed by atoms with Crippen molar-refractivity contribution in [2.75, 3.05) is 31.1 Å². The van der Waals surface area contributed by atoms with Crippen molar-refractivity contribution in [1.82, 2.24) is 19.4 Å². The first-order valence-electron chi connectivity index (χ1n) is 10.7. The molecule has 2 atom stereocenters. The summed E-state index contributed by atoms with van der Waals surface area (Å²) in [6.45, 7) is 5.20. The van der Waals surface area contributed by atoms with Crippen LogP contribution in [0.3, 0.4) is 0 Å². The summed E-state index contributed by atoms with van der Waals surface area (Å²) in [7, 11) is 0. The van der Waals surface area contributed by atoms with Crippen molar-refractivity contribution in [2.24, 2.45) is 5.92 Å². The van der Waals surface area contributed by atoms with Gasteiger partial charge in [0.15, 0.2) is 0 Å². The van der Waals surface area contributed by atoms with Gasteiger partial charge in [-0.15, -0.1) is 0 Å². The standard InChI is InChI=1S/C22H27N5O3/c1-14(28)26-10-15-6-17(12-26)20-7-16(8-22(30)27(20)11-15)19-9-21(24-13-23-19)25-4-2-18(29)3-5-25/h7-9,13,15,17-18,29H,2-6,10-12H2,1H3/t15-,17+/m0/s1. The van der Waals surface area contributed by atoms with Gasteiger partial charge in [-0.05, 0) is 31.2 Å². The third-order valence-corrected chi connectivity index (χ3v) is 6.74. The van der Waals surface area contributed by atoms with Crippen LogP contribution in [0.5, 0.6) is 0 Å². The Balaban J connectivity index is 1.48. The summed E-state index contributed by atoms with van der Waals surface area (Å²) in [5, 5.41) is 9.75. The Morgan fingerprint density at radius 2 is 1.90 bits per heavy atom. The van der Waals surface area contributed by atoms with Crippen LogP contribution in [0.25, 0.3) is 11.3 Å². The van der Waals surface area contributed by atoms with Gasteiger partial charge in [0.05, 0.1) is 11.8 Å². The Morgan fingerprint density at radius 1 is 1.10 bits per heavy atom. The number of nitrogens with zero attached hydrogens (tertiary/aromatic N) is 5. The monoisotopic (exact) mass is 409 g/mol. The summed E-state index contributed by atoms with van der Waals surface area (Å²) in [6.07, 6.45) is 3.78. The van der Waals surface area contributed by atoms with Crippen molar-refractivity contribution in [3.63, 3.8) is 0 Å². The Kier molecular flexibility index (Phi) is 4.81. The maximum atomic E-state index is 12.9. The summed E-state index contributed by atoms with van der Waals surface area (Å²) >= 11 is 0. The molecule has 0 unspecified atom stereocenters. The number of amides is 1. The molecule has 3 aliphatic heterocycles. The van der Waals surface area contributed by atoms with Crippen LogP contribution in [0.15, 0.2) is 29.3 Å². The number of piperidine rings is 2. The van der Waals surface area contributed by atoms with Crippen LogP contribution in [-0.4, -0.2) is 62.7 Å². The van der Waals surface area contributed by atoms with Crippen LogP contribution >= 0.6 is 0 Å². The molecule has 2 saturated heterocycles. The number of carbonyl (C=O) groups is 1. The summed E-state index contributed by atoms with van der Waals surface area (Å²) in [6, 6.07) is 5.66. The minimum atomic E-state index is -0.239. The summed E-state index contributed by atoms with van der Waals surface area (Å²) in [5.41, 5.74) is 2.52. The zero-order valence-corrected chi connectivity index (χ0v) is 17.2. The van der Waals surface area contributed by atoms with Crippen LogP contribution < -0.4 is 10.5 Å². The van der Waals surface area contributed by atoms with E-state index in [1.54, 1.807) is 19.3 Å². The molecule has 1 N–H and O–H groups in total. The van der Waals surface area contributed by atoms with Crippen LogP contribution in [-0.2, 0) is 11.3 Å². The second-order valence-electron chi connectivity index (χ2n) is 8.82. The van der Waals surface area contributed by atoms with Crippen LogP contribution in [0.1, 0.15) is 37.8 Å². The highest BCUT2D eigenvalue weighted by Crippen LogP contribution is 2.36. The van der Waals surface area contributed by atoms with Crippen LogP contribution in [0.4, 0.5) is 5.82 Å². The second kappa shape index (κ2) is 7.50. The van der Waals surface area contributed by atoms with Crippen molar-refractivity contribution in [2.45, 2.75) is 44.8 Å². The normalized spacial score (nSPS) is 23.9. The Hall–Kier alpha value is -2.74. The van der Waals surface area contributed by atoms with Crippen molar-refractivity contribution in [1.29, 1.82) is 0 Å². The number of anilines is 1. The lowest BCUT2D eigenvalue weighted by atomic mass is 9.82. The second-order valence-corrected chi connectivity index (χ2v) is 8.82. The highest BCUT2D eigenvalue weighted by molar-refractivity contribution is 5.73. The summed E-state index contributed by atoms with van der Waals surface area (Å²) < 4.78 is 1.88. The lowest BCUT2D eigenvalue weighted by molar-refractivity contribution is -0.131. The maximum Gasteiger partial charge on any atom is 0.251 e. The molecule has 5 rings (SSSR count). The molecule has 8 heteroatoms. The molecule has 5 heterocycles. The molecule has 0 aromatic carbocycles. The molecule has 0 saturated carbocycles. The van der Waals surface area contributed by atoms with E-state index in [1.807, 2.05) is 15.5 Å². The molecule has 0 radical (unpaired) electrons. The summed E-state index contributed by atoms with van der Waals surface area (Å²) in [5.74, 6) is 1.44. The first-order valence-corrected chi connectivity index (χ1v) is 10.7. The number of carbonyl (C=O) groups excluding carboxylic acids is 1. The van der Waals surface area contributed by atoms with Crippen molar-refractivity contribution >= 4 is 11.7 Å². The lowest BCUT2D eigenvalue weighted by Crippen LogP contribution is -2.48. The van der Waals surface area contributed by atoms with E-state index in [9.17, 15) is 14.7 Å². The van der Waals surface area contributed by atoms with E-state index in [0.29, 0.717) is 19.0 Å². The fourth-order valence-corrected chi connectivity index (χ4v) is 5.14. The zero-order chi connectivity index (χ0) is 20.8. The average Bonchev–Trinajstić information content (AvgIpc) is 2.75. The molecule has 2 aromatic heterocycles. The molecule has 2 fully saturated rings. The number of aliphatic hydroxyl groups excluding tert-OH is 1. The van der Waals surface area contributed by atoms with Crippen molar-refractivity contribution < 1.29 is 9.90 Å². The number of pyridine rings is 1. The third kappa shape index (κ3) is 3.49. The number of hydrogen-bond donors (Lipinski definition) is 1. The number of rotatable bonds is 2. The third-order valence-electron chi connectivity index (χ3n) is 6.74. The first-order chi connectivity index (χ1) is 14.5. The molecule has 158 valence electrons. The van der Waals surface area contributed by atoms with Crippen LogP contribution in [0.2, 0.25) is 0 Å². The molecule has 2 aromatic rings. The molecular formula is C22H27N5O3. The molecule has 2 bridgehead atoms. The van der Waals surface area contributed by atoms with Gasteiger partial charge in [-0.1, -0.05) is 0 Å². The van der Waals surface area contributed by atoms with E-state index in [-0.39, 0.29) is 23.5 Å². The van der Waals surface area contributed by atoms with Gasteiger partial charge in [-0.25, -0.2) is 9.97 Å². The van der Waals surface area contributed by atoms with Gasteiger partial charge in [0.1, 0.15) is 12.1 Å². The van der Waals surface area contributed by atoms with Gasteiger partial charge < -0.3 is 19.5 Å². The number of hydrogen-bond acceptors (Lipinski definition) is 6. The van der Waals surface area contributed by atoms with E-state index in [2.05, 4.69) is 20.9 Å². The highest BCUT2D eigenvalue weighted by atomic mass is 16.3. The molecule has 3 aliphatic rings. The molecule has 0 spiro atoms. The maximum absolute atomic E-state index is 12.9. The average molecular weight is 409 g/mol. The van der Waals surface area contributed by atoms with Gasteiger partial charge in [-0.3, -0.25) is 9.59 Å². The van der Waals surface area contributed by atoms with E-state index in [0.717, 1.165) is 61.7 Å². The minimum absolute atomic E-state index is 0.00488. The van der Waals surface area contributed by atoms with Gasteiger partial charge in [0, 0.05) is 69.0 Å². The smallest absolute Gasteiger partial charge is 0.251 e. The Labute approximate surface area is 175 Å². The molecule has 8 nitrogen and oxygen atoms in total. The predicted molar refractivity (Wildman–Crippen MR) is 112 cm³/mol. The predicted octanol–water partition coefficient (Wildman–Crippen LogP) is 1.23. The van der Waals surface area contributed by atoms with Gasteiger partial charge >= 0.3 is 0 Å². The number of fused-ring (bicyclic) bond motifs is 4. The van der Waals surface area contributed by atoms with Crippen molar-refractivity contribution in [3.05, 3.63) is 40.6 Å². The van der Waals surface area contributed by atoms with E-state index < -0.39 is 0 Å². The Morgan fingerprint density at radius 3 is 2.67 bits per heavy atom. The van der Waals surface area contributed by atoms with E-state index >= 15 is 0 Å². The van der Waals surface area contributed by atoms with E-state index in [1.165, 1.54) is 0 Å². The molecule has 1 amide bonds. The fourth-order valence-electron chi connectivity index (χ4n) is 5.14. The summed E-state index contributed by atoms with van der Waals surface area (Å²) in [4.78, 5) is 37.8. The topological polar surface area (TPSA) is 91.6 Å². The molecule has 30 heavy (non-hydrogen) atoms. The Bertz CT molecular complexity index is 1030.